The van der Waals surface area contributed by atoms with Gasteiger partial charge in [0.1, 0.15) is 18.2 Å². The molecule has 4 aromatic rings. The summed E-state index contributed by atoms with van der Waals surface area (Å²) in [5, 5.41) is 7.37. The SMILES string of the molecule is CCc1c[nH]c2ncc(-c3cccc(N4CCN(C(=O)CCCCCCCNc5cccc6c5CN(C5CCC(=O)NC5=O)C6=O)CC4=O)c3)c(Cl)c12. The first-order valence-corrected chi connectivity index (χ1v) is 18.9. The number of rotatable bonds is 13. The number of H-pyrrole nitrogens is 1. The highest BCUT2D eigenvalue weighted by molar-refractivity contribution is 6.38. The lowest BCUT2D eigenvalue weighted by Gasteiger charge is -2.34. The van der Waals surface area contributed by atoms with Crippen molar-refractivity contribution in [2.24, 2.45) is 0 Å². The molecule has 0 bridgehead atoms. The molecule has 5 amide bonds. The molecular weight excluding hydrogens is 694 g/mol. The van der Waals surface area contributed by atoms with E-state index in [0.717, 1.165) is 89.7 Å². The minimum atomic E-state index is -0.634. The minimum absolute atomic E-state index is 0.0108. The lowest BCUT2D eigenvalue weighted by Crippen LogP contribution is -2.52. The fourth-order valence-electron chi connectivity index (χ4n) is 7.66. The van der Waals surface area contributed by atoms with Gasteiger partial charge in [-0.05, 0) is 61.1 Å². The molecule has 7 rings (SSSR count). The third kappa shape index (κ3) is 7.50. The standard InChI is InChI=1S/C40H44ClN7O5/c1-2-25-21-43-38-36(25)37(41)29(22-44-38)26-10-8-11-27(20-26)47-19-18-46(24-35(47)51)34(50)14-6-4-3-5-7-17-42-31-13-9-12-28-30(31)23-48(40(28)53)32-15-16-33(49)45-39(32)52/h8-13,20-22,32,42H,2-7,14-19,23-24H2,1H3,(H,43,44)(H,45,49,52). The molecular formula is C40H44ClN7O5. The lowest BCUT2D eigenvalue weighted by atomic mass is 10.0. The predicted molar refractivity (Wildman–Crippen MR) is 204 cm³/mol. The number of carbonyl (C=O) groups is 5. The number of fused-ring (bicyclic) bond motifs is 2. The largest absolute Gasteiger partial charge is 0.385 e. The number of unbranched alkanes of at least 4 members (excludes halogenated alkanes) is 4. The number of piperidine rings is 1. The van der Waals surface area contributed by atoms with Gasteiger partial charge in [0.25, 0.3) is 5.91 Å². The average molecular weight is 738 g/mol. The van der Waals surface area contributed by atoms with Crippen LogP contribution in [-0.4, -0.2) is 81.5 Å². The zero-order valence-corrected chi connectivity index (χ0v) is 30.6. The van der Waals surface area contributed by atoms with Gasteiger partial charge in [0, 0.05) is 84.9 Å². The van der Waals surface area contributed by atoms with Gasteiger partial charge in [-0.1, -0.05) is 56.0 Å². The fourth-order valence-corrected chi connectivity index (χ4v) is 8.03. The van der Waals surface area contributed by atoms with E-state index < -0.39 is 11.9 Å². The summed E-state index contributed by atoms with van der Waals surface area (Å²) in [6, 6.07) is 12.7. The Morgan fingerprint density at radius 3 is 2.60 bits per heavy atom. The van der Waals surface area contributed by atoms with Crippen molar-refractivity contribution in [3.8, 4) is 11.1 Å². The first kappa shape index (κ1) is 36.1. The highest BCUT2D eigenvalue weighted by Gasteiger charge is 2.40. The fraction of sp³-hybridized carbons (Fsp3) is 0.400. The number of piperazine rings is 1. The number of amides is 5. The number of aromatic amines is 1. The average Bonchev–Trinajstić information content (AvgIpc) is 3.74. The van der Waals surface area contributed by atoms with Crippen molar-refractivity contribution in [1.82, 2.24) is 25.1 Å². The van der Waals surface area contributed by atoms with Crippen molar-refractivity contribution in [3.63, 3.8) is 0 Å². The van der Waals surface area contributed by atoms with Gasteiger partial charge in [-0.25, -0.2) is 4.98 Å². The first-order chi connectivity index (χ1) is 25.7. The molecule has 1 atom stereocenters. The van der Waals surface area contributed by atoms with Crippen LogP contribution in [0.5, 0.6) is 0 Å². The number of nitrogens with zero attached hydrogens (tertiary/aromatic N) is 4. The summed E-state index contributed by atoms with van der Waals surface area (Å²) in [6.07, 6.45) is 10.1. The molecule has 276 valence electrons. The highest BCUT2D eigenvalue weighted by atomic mass is 35.5. The number of halogens is 1. The number of benzene rings is 2. The maximum Gasteiger partial charge on any atom is 0.255 e. The third-order valence-corrected chi connectivity index (χ3v) is 11.0. The Kier molecular flexibility index (Phi) is 10.8. The van der Waals surface area contributed by atoms with Crippen LogP contribution in [0.1, 0.15) is 79.8 Å². The maximum atomic E-state index is 13.3. The van der Waals surface area contributed by atoms with Crippen molar-refractivity contribution in [2.45, 2.75) is 77.3 Å². The number of aromatic nitrogens is 2. The molecule has 3 aliphatic rings. The Morgan fingerprint density at radius 2 is 1.79 bits per heavy atom. The first-order valence-electron chi connectivity index (χ1n) is 18.6. The van der Waals surface area contributed by atoms with E-state index in [9.17, 15) is 24.0 Å². The van der Waals surface area contributed by atoms with Crippen LogP contribution in [0.3, 0.4) is 0 Å². The van der Waals surface area contributed by atoms with Gasteiger partial charge in [0.05, 0.1) is 5.02 Å². The molecule has 0 spiro atoms. The molecule has 1 unspecified atom stereocenters. The Balaban J connectivity index is 0.825. The molecule has 0 saturated carbocycles. The zero-order valence-electron chi connectivity index (χ0n) is 29.9. The maximum absolute atomic E-state index is 13.3. The Hall–Kier alpha value is -5.23. The number of nitrogens with one attached hydrogen (secondary N) is 3. The summed E-state index contributed by atoms with van der Waals surface area (Å²) in [4.78, 5) is 76.0. The van der Waals surface area contributed by atoms with E-state index in [1.165, 1.54) is 0 Å². The summed E-state index contributed by atoms with van der Waals surface area (Å²) < 4.78 is 0. The summed E-state index contributed by atoms with van der Waals surface area (Å²) >= 11 is 6.87. The predicted octanol–water partition coefficient (Wildman–Crippen LogP) is 5.83. The van der Waals surface area contributed by atoms with E-state index in [-0.39, 0.29) is 36.6 Å². The zero-order chi connectivity index (χ0) is 37.1. The second-order valence-electron chi connectivity index (χ2n) is 14.0. The molecule has 12 nitrogen and oxygen atoms in total. The smallest absolute Gasteiger partial charge is 0.255 e. The van der Waals surface area contributed by atoms with Gasteiger partial charge in [0.15, 0.2) is 0 Å². The molecule has 13 heteroatoms. The van der Waals surface area contributed by atoms with Crippen molar-refractivity contribution in [2.75, 3.05) is 36.4 Å². The van der Waals surface area contributed by atoms with Gasteiger partial charge >= 0.3 is 0 Å². The van der Waals surface area contributed by atoms with Crippen molar-refractivity contribution in [1.29, 1.82) is 0 Å². The number of imide groups is 1. The van der Waals surface area contributed by atoms with Crippen LogP contribution < -0.4 is 15.5 Å². The van der Waals surface area contributed by atoms with Crippen LogP contribution in [0.25, 0.3) is 22.2 Å². The second-order valence-corrected chi connectivity index (χ2v) is 14.3. The summed E-state index contributed by atoms with van der Waals surface area (Å²) in [5.74, 6) is -0.988. The molecule has 2 aromatic carbocycles. The number of carbonyl (C=O) groups excluding carboxylic acids is 5. The van der Waals surface area contributed by atoms with Crippen LogP contribution in [0.15, 0.2) is 54.9 Å². The number of anilines is 2. The molecule has 3 N–H and O–H groups in total. The number of pyridine rings is 1. The molecule has 2 saturated heterocycles. The molecule has 2 aromatic heterocycles. The summed E-state index contributed by atoms with van der Waals surface area (Å²) in [5.41, 5.74) is 6.69. The molecule has 3 aliphatic heterocycles. The second kappa shape index (κ2) is 15.8. The van der Waals surface area contributed by atoms with E-state index in [0.29, 0.717) is 43.1 Å². The van der Waals surface area contributed by atoms with Crippen molar-refractivity contribution in [3.05, 3.63) is 76.6 Å². The van der Waals surface area contributed by atoms with Gasteiger partial charge in [0.2, 0.25) is 23.6 Å². The van der Waals surface area contributed by atoms with Gasteiger partial charge in [-0.2, -0.15) is 0 Å². The van der Waals surface area contributed by atoms with E-state index >= 15 is 0 Å². The van der Waals surface area contributed by atoms with Gasteiger partial charge < -0.3 is 25.0 Å². The van der Waals surface area contributed by atoms with E-state index in [2.05, 4.69) is 27.5 Å². The van der Waals surface area contributed by atoms with E-state index in [1.54, 1.807) is 27.0 Å². The van der Waals surface area contributed by atoms with E-state index in [4.69, 9.17) is 11.6 Å². The lowest BCUT2D eigenvalue weighted by molar-refractivity contribution is -0.137. The topological polar surface area (TPSA) is 148 Å². The van der Waals surface area contributed by atoms with E-state index in [1.807, 2.05) is 42.6 Å². The van der Waals surface area contributed by atoms with Crippen LogP contribution in [-0.2, 0) is 32.1 Å². The molecule has 0 radical (unpaired) electrons. The van der Waals surface area contributed by atoms with Crippen LogP contribution >= 0.6 is 11.6 Å². The van der Waals surface area contributed by atoms with Crippen molar-refractivity contribution >= 4 is 63.5 Å². The number of aryl methyl sites for hydroxylation is 1. The summed E-state index contributed by atoms with van der Waals surface area (Å²) in [7, 11) is 0. The number of hydrogen-bond donors (Lipinski definition) is 3. The number of hydrogen-bond acceptors (Lipinski definition) is 7. The van der Waals surface area contributed by atoms with Crippen LogP contribution in [0.2, 0.25) is 5.02 Å². The summed E-state index contributed by atoms with van der Waals surface area (Å²) in [6.45, 7) is 4.13. The van der Waals surface area contributed by atoms with Gasteiger partial charge in [-0.15, -0.1) is 0 Å². The molecule has 2 fully saturated rings. The molecule has 0 aliphatic carbocycles. The quantitative estimate of drug-likeness (QED) is 0.116. The highest BCUT2D eigenvalue weighted by Crippen LogP contribution is 2.37. The molecule has 53 heavy (non-hydrogen) atoms. The Morgan fingerprint density at radius 1 is 0.981 bits per heavy atom. The monoisotopic (exact) mass is 737 g/mol. The Bertz CT molecular complexity index is 2080. The van der Waals surface area contributed by atoms with Gasteiger partial charge in [-0.3, -0.25) is 29.3 Å². The third-order valence-electron chi connectivity index (χ3n) is 10.6. The minimum Gasteiger partial charge on any atom is -0.385 e. The Labute approximate surface area is 313 Å². The van der Waals surface area contributed by atoms with Crippen LogP contribution in [0.4, 0.5) is 11.4 Å². The van der Waals surface area contributed by atoms with Crippen LogP contribution in [0, 0.1) is 0 Å². The molecule has 5 heterocycles. The van der Waals surface area contributed by atoms with Crippen molar-refractivity contribution < 1.29 is 24.0 Å². The normalized spacial score (nSPS) is 17.5.